The van der Waals surface area contributed by atoms with Crippen molar-refractivity contribution in [3.8, 4) is 0 Å². The second-order valence-electron chi connectivity index (χ2n) is 2.50. The number of carbonyl (C=O) groups excluding carboxylic acids is 2. The van der Waals surface area contributed by atoms with Crippen LogP contribution in [0.15, 0.2) is 11.3 Å². The maximum atomic E-state index is 11.0. The third-order valence-electron chi connectivity index (χ3n) is 1.76. The Labute approximate surface area is 72.8 Å². The Morgan fingerprint density at radius 3 is 2.08 bits per heavy atom. The molecule has 0 radical (unpaired) electrons. The van der Waals surface area contributed by atoms with E-state index in [1.165, 1.54) is 6.92 Å². The van der Waals surface area contributed by atoms with Crippen LogP contribution < -0.4 is 5.32 Å². The molecule has 0 saturated carbocycles. The number of rotatable bonds is 5. The zero-order chi connectivity index (χ0) is 9.56. The minimum absolute atomic E-state index is 0.0826. The zero-order valence-electron chi connectivity index (χ0n) is 7.81. The van der Waals surface area contributed by atoms with Crippen molar-refractivity contribution in [2.45, 2.75) is 33.6 Å². The second-order valence-corrected chi connectivity index (χ2v) is 2.50. The van der Waals surface area contributed by atoms with Crippen LogP contribution in [0, 0.1) is 0 Å². The van der Waals surface area contributed by atoms with Crippen molar-refractivity contribution < 1.29 is 9.59 Å². The molecule has 0 aliphatic rings. The van der Waals surface area contributed by atoms with Crippen molar-refractivity contribution in [3.63, 3.8) is 0 Å². The van der Waals surface area contributed by atoms with Crippen molar-refractivity contribution in [1.29, 1.82) is 0 Å². The highest BCUT2D eigenvalue weighted by Crippen LogP contribution is 2.10. The summed E-state index contributed by atoms with van der Waals surface area (Å²) in [7, 11) is 0. The molecule has 12 heavy (non-hydrogen) atoms. The van der Waals surface area contributed by atoms with Crippen LogP contribution in [0.5, 0.6) is 0 Å². The number of nitrogens with one attached hydrogen (secondary N) is 1. The highest BCUT2D eigenvalue weighted by molar-refractivity contribution is 5.95. The molecule has 3 heteroatoms. The maximum Gasteiger partial charge on any atom is 0.211 e. The number of ketones is 1. The van der Waals surface area contributed by atoms with Crippen LogP contribution in [0.1, 0.15) is 33.6 Å². The highest BCUT2D eigenvalue weighted by atomic mass is 16.1. The monoisotopic (exact) mass is 169 g/mol. The average molecular weight is 169 g/mol. The third-order valence-corrected chi connectivity index (χ3v) is 1.76. The summed E-state index contributed by atoms with van der Waals surface area (Å²) in [5, 5.41) is 2.43. The summed E-state index contributed by atoms with van der Waals surface area (Å²) in [6.07, 6.45) is 2.14. The van der Waals surface area contributed by atoms with E-state index in [2.05, 4.69) is 5.32 Å². The Balaban J connectivity index is 4.74. The molecule has 0 unspecified atom stereocenters. The Bertz CT molecular complexity index is 201. The van der Waals surface area contributed by atoms with Gasteiger partial charge in [-0.2, -0.15) is 0 Å². The predicted molar refractivity (Wildman–Crippen MR) is 47.5 cm³/mol. The Morgan fingerprint density at radius 2 is 1.83 bits per heavy atom. The normalized spacial score (nSPS) is 8.92. The SMILES string of the molecule is CCC(CC)=C(NC=O)C(C)=O. The summed E-state index contributed by atoms with van der Waals surface area (Å²) in [4.78, 5) is 21.2. The Hall–Kier alpha value is -1.12. The number of hydrogen-bond acceptors (Lipinski definition) is 2. The first-order chi connectivity index (χ1) is 5.67. The lowest BCUT2D eigenvalue weighted by Crippen LogP contribution is -2.19. The molecule has 68 valence electrons. The lowest BCUT2D eigenvalue weighted by Gasteiger charge is -2.07. The van der Waals surface area contributed by atoms with Crippen LogP contribution in [0.4, 0.5) is 0 Å². The van der Waals surface area contributed by atoms with Crippen LogP contribution in [-0.4, -0.2) is 12.2 Å². The van der Waals surface area contributed by atoms with Gasteiger partial charge in [-0.25, -0.2) is 0 Å². The lowest BCUT2D eigenvalue weighted by molar-refractivity contribution is -0.116. The van der Waals surface area contributed by atoms with Crippen LogP contribution in [0.25, 0.3) is 0 Å². The first-order valence-corrected chi connectivity index (χ1v) is 4.10. The van der Waals surface area contributed by atoms with Gasteiger partial charge in [-0.05, 0) is 18.4 Å². The van der Waals surface area contributed by atoms with E-state index in [9.17, 15) is 9.59 Å². The fourth-order valence-electron chi connectivity index (χ4n) is 1.12. The first kappa shape index (κ1) is 10.9. The molecular weight excluding hydrogens is 154 g/mol. The van der Waals surface area contributed by atoms with Gasteiger partial charge in [0.15, 0.2) is 5.78 Å². The standard InChI is InChI=1S/C9H15NO2/c1-4-8(5-2)9(7(3)12)10-6-11/h6H,4-5H2,1-3H3,(H,10,11). The average Bonchev–Trinajstić information content (AvgIpc) is 2.05. The van der Waals surface area contributed by atoms with Gasteiger partial charge < -0.3 is 5.32 Å². The molecule has 0 aromatic carbocycles. The lowest BCUT2D eigenvalue weighted by atomic mass is 10.1. The van der Waals surface area contributed by atoms with Crippen molar-refractivity contribution in [1.82, 2.24) is 5.32 Å². The van der Waals surface area contributed by atoms with E-state index in [0.29, 0.717) is 12.1 Å². The van der Waals surface area contributed by atoms with Crippen LogP contribution in [0.3, 0.4) is 0 Å². The number of allylic oxidation sites excluding steroid dienone is 2. The summed E-state index contributed by atoms with van der Waals surface area (Å²) >= 11 is 0. The molecule has 0 bridgehead atoms. The number of Topliss-reactive ketones (excluding diaryl/α,β-unsaturated/α-hetero) is 1. The van der Waals surface area contributed by atoms with Gasteiger partial charge in [0, 0.05) is 6.92 Å². The van der Waals surface area contributed by atoms with Crippen LogP contribution in [-0.2, 0) is 9.59 Å². The molecule has 0 atom stereocenters. The molecule has 0 saturated heterocycles. The van der Waals surface area contributed by atoms with Gasteiger partial charge in [-0.15, -0.1) is 0 Å². The molecule has 3 nitrogen and oxygen atoms in total. The van der Waals surface area contributed by atoms with Crippen molar-refractivity contribution in [2.75, 3.05) is 0 Å². The van der Waals surface area contributed by atoms with E-state index in [1.54, 1.807) is 0 Å². The molecule has 0 fully saturated rings. The highest BCUT2D eigenvalue weighted by Gasteiger charge is 2.07. The molecule has 0 spiro atoms. The van der Waals surface area contributed by atoms with E-state index in [0.717, 1.165) is 18.4 Å². The van der Waals surface area contributed by atoms with E-state index >= 15 is 0 Å². The van der Waals surface area contributed by atoms with Gasteiger partial charge in [0.05, 0.1) is 5.70 Å². The number of amides is 1. The first-order valence-electron chi connectivity index (χ1n) is 4.10. The topological polar surface area (TPSA) is 46.2 Å². The fourth-order valence-corrected chi connectivity index (χ4v) is 1.12. The van der Waals surface area contributed by atoms with Gasteiger partial charge >= 0.3 is 0 Å². The second kappa shape index (κ2) is 5.52. The van der Waals surface area contributed by atoms with E-state index < -0.39 is 0 Å². The minimum Gasteiger partial charge on any atom is -0.326 e. The summed E-state index contributed by atoms with van der Waals surface area (Å²) in [6, 6.07) is 0. The summed E-state index contributed by atoms with van der Waals surface area (Å²) in [6.45, 7) is 5.39. The van der Waals surface area contributed by atoms with Crippen molar-refractivity contribution in [2.24, 2.45) is 0 Å². The fraction of sp³-hybridized carbons (Fsp3) is 0.556. The van der Waals surface area contributed by atoms with E-state index in [1.807, 2.05) is 13.8 Å². The van der Waals surface area contributed by atoms with E-state index in [-0.39, 0.29) is 5.78 Å². The number of hydrogen-bond donors (Lipinski definition) is 1. The summed E-state index contributed by atoms with van der Waals surface area (Å²) < 4.78 is 0. The molecule has 0 aliphatic carbocycles. The van der Waals surface area contributed by atoms with Gasteiger partial charge in [0.2, 0.25) is 6.41 Å². The molecule has 0 aromatic heterocycles. The van der Waals surface area contributed by atoms with Gasteiger partial charge in [-0.3, -0.25) is 9.59 Å². The van der Waals surface area contributed by atoms with Crippen molar-refractivity contribution in [3.05, 3.63) is 11.3 Å². The molecule has 0 heterocycles. The van der Waals surface area contributed by atoms with Gasteiger partial charge in [0.1, 0.15) is 0 Å². The molecule has 1 N–H and O–H groups in total. The largest absolute Gasteiger partial charge is 0.326 e. The van der Waals surface area contributed by atoms with Crippen LogP contribution in [0.2, 0.25) is 0 Å². The zero-order valence-corrected chi connectivity index (χ0v) is 7.81. The molecule has 1 amide bonds. The Morgan fingerprint density at radius 1 is 1.33 bits per heavy atom. The molecular formula is C9H15NO2. The molecule has 0 aliphatic heterocycles. The Kier molecular flexibility index (Phi) is 5.00. The van der Waals surface area contributed by atoms with Crippen LogP contribution >= 0.6 is 0 Å². The smallest absolute Gasteiger partial charge is 0.211 e. The quantitative estimate of drug-likeness (QED) is 0.499. The van der Waals surface area contributed by atoms with E-state index in [4.69, 9.17) is 0 Å². The molecule has 0 aromatic rings. The predicted octanol–water partition coefficient (Wildman–Crippen LogP) is 1.40. The van der Waals surface area contributed by atoms with Gasteiger partial charge in [0.25, 0.3) is 0 Å². The summed E-state index contributed by atoms with van der Waals surface area (Å²) in [5.74, 6) is -0.0826. The minimum atomic E-state index is -0.0826. The maximum absolute atomic E-state index is 11.0. The summed E-state index contributed by atoms with van der Waals surface area (Å²) in [5.41, 5.74) is 1.45. The van der Waals surface area contributed by atoms with Gasteiger partial charge in [-0.1, -0.05) is 13.8 Å². The number of carbonyl (C=O) groups is 2. The van der Waals surface area contributed by atoms with Crippen molar-refractivity contribution >= 4 is 12.2 Å². The third kappa shape index (κ3) is 2.86. The molecule has 0 rings (SSSR count).